The van der Waals surface area contributed by atoms with Crippen LogP contribution >= 0.6 is 0 Å². The van der Waals surface area contributed by atoms with Crippen LogP contribution in [-0.4, -0.2) is 54.3 Å². The molecule has 0 atom stereocenters. The molecule has 2 aromatic rings. The molecule has 0 saturated carbocycles. The molecule has 2 rings (SSSR count). The molecule has 0 fully saturated rings. The van der Waals surface area contributed by atoms with E-state index in [4.69, 9.17) is 14.2 Å². The van der Waals surface area contributed by atoms with Gasteiger partial charge in [-0.1, -0.05) is 17.7 Å². The number of hydrogen-bond acceptors (Lipinski definition) is 6. The molecule has 176 valence electrons. The van der Waals surface area contributed by atoms with Crippen LogP contribution in [0.2, 0.25) is 0 Å². The number of nitrogens with one attached hydrogen (secondary N) is 1. The van der Waals surface area contributed by atoms with Crippen LogP contribution in [0.3, 0.4) is 0 Å². The van der Waals surface area contributed by atoms with Crippen LogP contribution in [0, 0.1) is 6.92 Å². The first-order valence-electron chi connectivity index (χ1n) is 10.4. The molecular weight excluding hydrogens is 432 g/mol. The molecule has 0 spiro atoms. The Balaban J connectivity index is 2.29. The van der Waals surface area contributed by atoms with Crippen LogP contribution in [0.5, 0.6) is 11.5 Å². The molecule has 0 radical (unpaired) electrons. The second-order valence-corrected chi connectivity index (χ2v) is 9.35. The number of amides is 1. The zero-order valence-electron chi connectivity index (χ0n) is 19.3. The normalized spacial score (nSPS) is 11.3. The Morgan fingerprint density at radius 2 is 1.69 bits per heavy atom. The van der Waals surface area contributed by atoms with Crippen LogP contribution in [0.4, 0.5) is 5.69 Å². The molecular formula is C23H32N2O6S. The Kier molecular flexibility index (Phi) is 9.34. The molecule has 0 aliphatic heterocycles. The molecule has 0 aliphatic rings. The van der Waals surface area contributed by atoms with E-state index in [0.717, 1.165) is 9.87 Å². The number of methoxy groups -OCH3 is 2. The lowest BCUT2D eigenvalue weighted by Gasteiger charge is -2.25. The summed E-state index contributed by atoms with van der Waals surface area (Å²) in [7, 11) is -1.05. The highest BCUT2D eigenvalue weighted by Crippen LogP contribution is 2.33. The fraction of sp³-hybridized carbons (Fsp3) is 0.435. The van der Waals surface area contributed by atoms with E-state index in [1.54, 1.807) is 24.3 Å². The summed E-state index contributed by atoms with van der Waals surface area (Å²) in [6.07, 6.45) is 0.747. The van der Waals surface area contributed by atoms with Gasteiger partial charge in [-0.25, -0.2) is 8.42 Å². The minimum Gasteiger partial charge on any atom is -0.493 e. The van der Waals surface area contributed by atoms with Gasteiger partial charge in [-0.05, 0) is 51.5 Å². The van der Waals surface area contributed by atoms with E-state index in [9.17, 15) is 13.2 Å². The van der Waals surface area contributed by atoms with E-state index in [1.807, 2.05) is 20.8 Å². The summed E-state index contributed by atoms with van der Waals surface area (Å²) in [6, 6.07) is 11.2. The Labute approximate surface area is 190 Å². The molecule has 9 heteroatoms. The van der Waals surface area contributed by atoms with Crippen molar-refractivity contribution in [1.82, 2.24) is 5.32 Å². The van der Waals surface area contributed by atoms with Crippen molar-refractivity contribution in [2.24, 2.45) is 0 Å². The lowest BCUT2D eigenvalue weighted by Crippen LogP contribution is -2.41. The minimum atomic E-state index is -4.01. The van der Waals surface area contributed by atoms with Crippen molar-refractivity contribution in [3.05, 3.63) is 48.0 Å². The molecule has 1 N–H and O–H groups in total. The third-order valence-electron chi connectivity index (χ3n) is 4.65. The first kappa shape index (κ1) is 25.5. The molecule has 32 heavy (non-hydrogen) atoms. The monoisotopic (exact) mass is 464 g/mol. The van der Waals surface area contributed by atoms with E-state index in [1.165, 1.54) is 32.4 Å². The summed E-state index contributed by atoms with van der Waals surface area (Å²) in [5, 5.41) is 2.76. The van der Waals surface area contributed by atoms with Gasteiger partial charge in [-0.2, -0.15) is 0 Å². The quantitative estimate of drug-likeness (QED) is 0.485. The lowest BCUT2D eigenvalue weighted by molar-refractivity contribution is -0.119. The van der Waals surface area contributed by atoms with Crippen molar-refractivity contribution in [3.8, 4) is 11.5 Å². The van der Waals surface area contributed by atoms with E-state index >= 15 is 0 Å². The zero-order valence-corrected chi connectivity index (χ0v) is 20.1. The van der Waals surface area contributed by atoms with Gasteiger partial charge in [0, 0.05) is 19.2 Å². The average Bonchev–Trinajstić information content (AvgIpc) is 2.76. The number of anilines is 1. The maximum Gasteiger partial charge on any atom is 0.264 e. The fourth-order valence-corrected chi connectivity index (χ4v) is 4.35. The van der Waals surface area contributed by atoms with Gasteiger partial charge in [-0.15, -0.1) is 0 Å². The van der Waals surface area contributed by atoms with Gasteiger partial charge < -0.3 is 19.5 Å². The zero-order chi connectivity index (χ0) is 23.7. The lowest BCUT2D eigenvalue weighted by atomic mass is 10.2. The summed E-state index contributed by atoms with van der Waals surface area (Å²) in [5.74, 6) is 0.402. The second-order valence-electron chi connectivity index (χ2n) is 7.49. The third kappa shape index (κ3) is 6.86. The van der Waals surface area contributed by atoms with Crippen molar-refractivity contribution >= 4 is 21.6 Å². The Morgan fingerprint density at radius 1 is 1.03 bits per heavy atom. The highest BCUT2D eigenvalue weighted by molar-refractivity contribution is 7.92. The second kappa shape index (κ2) is 11.7. The number of carbonyl (C=O) groups excluding carboxylic acids is 1. The maximum absolute atomic E-state index is 13.4. The number of hydrogen-bond donors (Lipinski definition) is 1. The maximum atomic E-state index is 13.4. The standard InChI is InChI=1S/C23H32N2O6S/c1-17(2)31-14-6-13-24-23(26)16-25(19-9-12-21(29-4)22(15-19)30-5)32(27,28)20-10-7-18(3)8-11-20/h7-12,15,17H,6,13-14,16H2,1-5H3,(H,24,26). The number of ether oxygens (including phenoxy) is 3. The van der Waals surface area contributed by atoms with Crippen molar-refractivity contribution < 1.29 is 27.4 Å². The summed E-state index contributed by atoms with van der Waals surface area (Å²) in [4.78, 5) is 12.7. The minimum absolute atomic E-state index is 0.0935. The average molecular weight is 465 g/mol. The van der Waals surface area contributed by atoms with Gasteiger partial charge in [-0.3, -0.25) is 9.10 Å². The third-order valence-corrected chi connectivity index (χ3v) is 6.43. The first-order valence-corrected chi connectivity index (χ1v) is 11.8. The molecule has 1 amide bonds. The first-order chi connectivity index (χ1) is 15.2. The topological polar surface area (TPSA) is 94.2 Å². The van der Waals surface area contributed by atoms with Gasteiger partial charge >= 0.3 is 0 Å². The molecule has 0 saturated heterocycles. The van der Waals surface area contributed by atoms with Gasteiger partial charge in [0.25, 0.3) is 10.0 Å². The Hall–Kier alpha value is -2.78. The summed E-state index contributed by atoms with van der Waals surface area (Å²) in [5.41, 5.74) is 1.23. The number of benzene rings is 2. The largest absolute Gasteiger partial charge is 0.493 e. The molecule has 8 nitrogen and oxygen atoms in total. The number of nitrogens with zero attached hydrogens (tertiary/aromatic N) is 1. The highest BCUT2D eigenvalue weighted by atomic mass is 32.2. The predicted molar refractivity (Wildman–Crippen MR) is 124 cm³/mol. The molecule has 0 aliphatic carbocycles. The highest BCUT2D eigenvalue weighted by Gasteiger charge is 2.28. The van der Waals surface area contributed by atoms with E-state index < -0.39 is 15.9 Å². The molecule has 0 unspecified atom stereocenters. The van der Waals surface area contributed by atoms with Crippen LogP contribution in [0.1, 0.15) is 25.8 Å². The van der Waals surface area contributed by atoms with Crippen molar-refractivity contribution in [3.63, 3.8) is 0 Å². The van der Waals surface area contributed by atoms with Crippen LogP contribution in [-0.2, 0) is 19.6 Å². The molecule has 2 aromatic carbocycles. The summed E-state index contributed by atoms with van der Waals surface area (Å²) >= 11 is 0. The molecule has 0 bridgehead atoms. The smallest absolute Gasteiger partial charge is 0.264 e. The van der Waals surface area contributed by atoms with Gasteiger partial charge in [0.2, 0.25) is 5.91 Å². The molecule has 0 heterocycles. The van der Waals surface area contributed by atoms with Crippen LogP contribution < -0.4 is 19.1 Å². The van der Waals surface area contributed by atoms with Gasteiger partial charge in [0.1, 0.15) is 6.54 Å². The molecule has 0 aromatic heterocycles. The van der Waals surface area contributed by atoms with E-state index in [0.29, 0.717) is 36.8 Å². The Morgan fingerprint density at radius 3 is 2.28 bits per heavy atom. The summed E-state index contributed by atoms with van der Waals surface area (Å²) < 4.78 is 44.0. The van der Waals surface area contributed by atoms with E-state index in [2.05, 4.69) is 5.32 Å². The van der Waals surface area contributed by atoms with Crippen molar-refractivity contribution in [2.75, 3.05) is 38.2 Å². The fourth-order valence-electron chi connectivity index (χ4n) is 2.94. The number of rotatable bonds is 12. The number of sulfonamides is 1. The van der Waals surface area contributed by atoms with Gasteiger partial charge in [0.05, 0.1) is 30.9 Å². The predicted octanol–water partition coefficient (Wildman–Crippen LogP) is 3.14. The van der Waals surface area contributed by atoms with Crippen LogP contribution in [0.15, 0.2) is 47.4 Å². The summed E-state index contributed by atoms with van der Waals surface area (Å²) in [6.45, 7) is 6.27. The number of aryl methyl sites for hydroxylation is 1. The van der Waals surface area contributed by atoms with Crippen molar-refractivity contribution in [2.45, 2.75) is 38.2 Å². The van der Waals surface area contributed by atoms with E-state index in [-0.39, 0.29) is 17.5 Å². The number of carbonyl (C=O) groups is 1. The van der Waals surface area contributed by atoms with Gasteiger partial charge in [0.15, 0.2) is 11.5 Å². The Bertz CT molecular complexity index is 990. The van der Waals surface area contributed by atoms with Crippen molar-refractivity contribution in [1.29, 1.82) is 0 Å². The van der Waals surface area contributed by atoms with Crippen LogP contribution in [0.25, 0.3) is 0 Å². The SMILES string of the molecule is COc1ccc(N(CC(=O)NCCCOC(C)C)S(=O)(=O)c2ccc(C)cc2)cc1OC.